The molecule has 0 saturated carbocycles. The summed E-state index contributed by atoms with van der Waals surface area (Å²) in [4.78, 5) is 0. The molecule has 0 unspecified atom stereocenters. The van der Waals surface area contributed by atoms with E-state index in [4.69, 9.17) is 12.2 Å². The summed E-state index contributed by atoms with van der Waals surface area (Å²) in [6.45, 7) is 2.60. The van der Waals surface area contributed by atoms with E-state index >= 15 is 0 Å². The fraction of sp³-hybridized carbons (Fsp3) is 0.111. The Kier molecular flexibility index (Phi) is 4.86. The van der Waals surface area contributed by atoms with Crippen LogP contribution in [0.25, 0.3) is 0 Å². The zero-order valence-corrected chi connectivity index (χ0v) is 14.0. The number of aromatic nitrogens is 2. The first-order valence-electron chi connectivity index (χ1n) is 7.51. The smallest absolute Gasteiger partial charge is 0.176 e. The zero-order valence-electron chi connectivity index (χ0n) is 13.2. The highest BCUT2D eigenvalue weighted by Gasteiger charge is 2.03. The van der Waals surface area contributed by atoms with Gasteiger partial charge in [0.15, 0.2) is 10.9 Å². The number of hydrogen-bond donors (Lipinski definition) is 2. The molecule has 0 spiro atoms. The van der Waals surface area contributed by atoms with Crippen LogP contribution in [0.1, 0.15) is 11.1 Å². The number of aryl methyl sites for hydroxylation is 1. The van der Waals surface area contributed by atoms with Crippen molar-refractivity contribution in [2.45, 2.75) is 13.5 Å². The molecule has 0 aliphatic rings. The standard InChI is InChI=1S/C18H17FN4S/c1-13-3-2-4-16(11-13)20-18(24)21-17-9-10-23(22-17)12-14-5-7-15(19)8-6-14/h2-11H,12H2,1H3,(H2,20,21,22,24). The lowest BCUT2D eigenvalue weighted by Crippen LogP contribution is -2.19. The normalized spacial score (nSPS) is 10.4. The molecule has 122 valence electrons. The number of halogens is 1. The molecule has 1 aromatic heterocycles. The lowest BCUT2D eigenvalue weighted by Gasteiger charge is -2.09. The maximum Gasteiger partial charge on any atom is 0.176 e. The lowest BCUT2D eigenvalue weighted by atomic mass is 10.2. The van der Waals surface area contributed by atoms with Crippen molar-refractivity contribution in [2.75, 3.05) is 10.6 Å². The zero-order chi connectivity index (χ0) is 16.9. The van der Waals surface area contributed by atoms with Gasteiger partial charge in [0.05, 0.1) is 6.54 Å². The molecule has 0 saturated heterocycles. The molecule has 2 N–H and O–H groups in total. The molecule has 0 aliphatic carbocycles. The van der Waals surface area contributed by atoms with Gasteiger partial charge in [-0.25, -0.2) is 4.39 Å². The molecule has 0 aliphatic heterocycles. The van der Waals surface area contributed by atoms with Crippen LogP contribution in [-0.2, 0) is 6.54 Å². The van der Waals surface area contributed by atoms with Crippen molar-refractivity contribution >= 4 is 28.8 Å². The Hall–Kier alpha value is -2.73. The van der Waals surface area contributed by atoms with Gasteiger partial charge in [-0.15, -0.1) is 0 Å². The van der Waals surface area contributed by atoms with Crippen molar-refractivity contribution in [2.24, 2.45) is 0 Å². The summed E-state index contributed by atoms with van der Waals surface area (Å²) in [5.74, 6) is 0.413. The Morgan fingerprint density at radius 2 is 1.92 bits per heavy atom. The fourth-order valence-electron chi connectivity index (χ4n) is 2.29. The molecule has 3 aromatic rings. The average Bonchev–Trinajstić information content (AvgIpc) is 2.96. The van der Waals surface area contributed by atoms with Gasteiger partial charge in [0, 0.05) is 18.0 Å². The quantitative estimate of drug-likeness (QED) is 0.699. The van der Waals surface area contributed by atoms with E-state index in [1.165, 1.54) is 12.1 Å². The molecule has 1 heterocycles. The second kappa shape index (κ2) is 7.23. The molecule has 24 heavy (non-hydrogen) atoms. The fourth-order valence-corrected chi connectivity index (χ4v) is 2.52. The largest absolute Gasteiger partial charge is 0.332 e. The number of nitrogens with zero attached hydrogens (tertiary/aromatic N) is 2. The van der Waals surface area contributed by atoms with E-state index in [1.54, 1.807) is 16.8 Å². The monoisotopic (exact) mass is 340 g/mol. The van der Waals surface area contributed by atoms with Gasteiger partial charge in [0.25, 0.3) is 0 Å². The van der Waals surface area contributed by atoms with Crippen molar-refractivity contribution < 1.29 is 4.39 Å². The summed E-state index contributed by atoms with van der Waals surface area (Å²) in [5, 5.41) is 11.1. The van der Waals surface area contributed by atoms with E-state index in [9.17, 15) is 4.39 Å². The van der Waals surface area contributed by atoms with Gasteiger partial charge >= 0.3 is 0 Å². The number of nitrogens with one attached hydrogen (secondary N) is 2. The van der Waals surface area contributed by atoms with Crippen molar-refractivity contribution in [1.29, 1.82) is 0 Å². The average molecular weight is 340 g/mol. The van der Waals surface area contributed by atoms with Crippen LogP contribution in [0.5, 0.6) is 0 Å². The third kappa shape index (κ3) is 4.39. The van der Waals surface area contributed by atoms with Crippen molar-refractivity contribution in [3.05, 3.63) is 77.7 Å². The minimum atomic E-state index is -0.242. The Bertz CT molecular complexity index is 842. The summed E-state index contributed by atoms with van der Waals surface area (Å²) >= 11 is 5.30. The second-order valence-corrected chi connectivity index (χ2v) is 5.88. The molecule has 0 amide bonds. The molecule has 0 fully saturated rings. The Balaban J connectivity index is 1.59. The van der Waals surface area contributed by atoms with Crippen LogP contribution in [0.3, 0.4) is 0 Å². The van der Waals surface area contributed by atoms with Crippen LogP contribution in [0.4, 0.5) is 15.9 Å². The molecule has 3 rings (SSSR count). The molecule has 0 atom stereocenters. The summed E-state index contributed by atoms with van der Waals surface area (Å²) in [7, 11) is 0. The molecular formula is C18H17FN4S. The van der Waals surface area contributed by atoms with Crippen LogP contribution in [0.2, 0.25) is 0 Å². The molecular weight excluding hydrogens is 323 g/mol. The topological polar surface area (TPSA) is 41.9 Å². The summed E-state index contributed by atoms with van der Waals surface area (Å²) in [6, 6.07) is 16.2. The number of thiocarbonyl (C=S) groups is 1. The highest BCUT2D eigenvalue weighted by atomic mass is 32.1. The van der Waals surface area contributed by atoms with Gasteiger partial charge in [-0.2, -0.15) is 5.10 Å². The van der Waals surface area contributed by atoms with Crippen LogP contribution >= 0.6 is 12.2 Å². The van der Waals surface area contributed by atoms with Crippen LogP contribution in [0, 0.1) is 12.7 Å². The van der Waals surface area contributed by atoms with Crippen molar-refractivity contribution in [1.82, 2.24) is 9.78 Å². The Morgan fingerprint density at radius 3 is 2.67 bits per heavy atom. The van der Waals surface area contributed by atoms with E-state index < -0.39 is 0 Å². The van der Waals surface area contributed by atoms with Gasteiger partial charge in [-0.3, -0.25) is 4.68 Å². The van der Waals surface area contributed by atoms with Crippen LogP contribution in [0.15, 0.2) is 60.8 Å². The summed E-state index contributed by atoms with van der Waals surface area (Å²) in [5.41, 5.74) is 3.07. The Morgan fingerprint density at radius 1 is 1.12 bits per heavy atom. The van der Waals surface area contributed by atoms with E-state index in [2.05, 4.69) is 15.7 Å². The van der Waals surface area contributed by atoms with Gasteiger partial charge in [-0.05, 0) is 54.5 Å². The highest BCUT2D eigenvalue weighted by molar-refractivity contribution is 7.80. The Labute approximate surface area is 145 Å². The van der Waals surface area contributed by atoms with Crippen molar-refractivity contribution in [3.8, 4) is 0 Å². The number of rotatable bonds is 4. The van der Waals surface area contributed by atoms with Crippen molar-refractivity contribution in [3.63, 3.8) is 0 Å². The lowest BCUT2D eigenvalue weighted by molar-refractivity contribution is 0.624. The first-order chi connectivity index (χ1) is 11.6. The number of hydrogen-bond acceptors (Lipinski definition) is 2. The first kappa shape index (κ1) is 16.1. The maximum atomic E-state index is 12.9. The van der Waals surface area contributed by atoms with E-state index in [1.807, 2.05) is 43.5 Å². The first-order valence-corrected chi connectivity index (χ1v) is 7.92. The highest BCUT2D eigenvalue weighted by Crippen LogP contribution is 2.11. The van der Waals surface area contributed by atoms with Crippen LogP contribution < -0.4 is 10.6 Å². The number of anilines is 2. The third-order valence-corrected chi connectivity index (χ3v) is 3.62. The van der Waals surface area contributed by atoms with Gasteiger partial charge in [0.2, 0.25) is 0 Å². The predicted molar refractivity (Wildman–Crippen MR) is 98.8 cm³/mol. The molecule has 0 radical (unpaired) electrons. The van der Waals surface area contributed by atoms with Crippen LogP contribution in [-0.4, -0.2) is 14.9 Å². The summed E-state index contributed by atoms with van der Waals surface area (Å²) in [6.07, 6.45) is 1.85. The molecule has 6 heteroatoms. The van der Waals surface area contributed by atoms with Gasteiger partial charge in [-0.1, -0.05) is 24.3 Å². The maximum absolute atomic E-state index is 12.9. The molecule has 4 nitrogen and oxygen atoms in total. The van der Waals surface area contributed by atoms with Gasteiger partial charge in [0.1, 0.15) is 5.82 Å². The van der Waals surface area contributed by atoms with Gasteiger partial charge < -0.3 is 10.6 Å². The van der Waals surface area contributed by atoms with E-state index in [-0.39, 0.29) is 5.82 Å². The minimum absolute atomic E-state index is 0.242. The number of benzene rings is 2. The third-order valence-electron chi connectivity index (χ3n) is 3.42. The molecule has 0 bridgehead atoms. The van der Waals surface area contributed by atoms with E-state index in [0.29, 0.717) is 17.5 Å². The SMILES string of the molecule is Cc1cccc(NC(=S)Nc2ccn(Cc3ccc(F)cc3)n2)c1. The minimum Gasteiger partial charge on any atom is -0.332 e. The molecule has 2 aromatic carbocycles. The summed E-state index contributed by atoms with van der Waals surface area (Å²) < 4.78 is 14.7. The predicted octanol–water partition coefficient (Wildman–Crippen LogP) is 4.19. The second-order valence-electron chi connectivity index (χ2n) is 5.47. The van der Waals surface area contributed by atoms with E-state index in [0.717, 1.165) is 16.8 Å².